The van der Waals surface area contributed by atoms with Crippen molar-refractivity contribution in [1.29, 1.82) is 0 Å². The van der Waals surface area contributed by atoms with E-state index in [1.54, 1.807) is 29.4 Å². The van der Waals surface area contributed by atoms with Gasteiger partial charge in [-0.1, -0.05) is 11.8 Å². The zero-order valence-corrected chi connectivity index (χ0v) is 16.5. The quantitative estimate of drug-likeness (QED) is 0.794. The molecule has 6 nitrogen and oxygen atoms in total. The molecule has 1 fully saturated rings. The molecule has 3 rings (SSSR count). The number of ether oxygens (including phenoxy) is 1. The lowest BCUT2D eigenvalue weighted by molar-refractivity contribution is 0.0240. The van der Waals surface area contributed by atoms with Gasteiger partial charge in [-0.05, 0) is 45.0 Å². The van der Waals surface area contributed by atoms with Gasteiger partial charge in [0.25, 0.3) is 0 Å². The van der Waals surface area contributed by atoms with Crippen LogP contribution in [0.1, 0.15) is 20.8 Å². The fourth-order valence-corrected chi connectivity index (χ4v) is 3.33. The minimum absolute atomic E-state index is 0.253. The summed E-state index contributed by atoms with van der Waals surface area (Å²) in [6.45, 7) is 8.05. The number of hydrogen-bond donors (Lipinski definition) is 0. The number of amides is 1. The number of rotatable bonds is 3. The first-order valence-electron chi connectivity index (χ1n) is 8.78. The van der Waals surface area contributed by atoms with Crippen LogP contribution in [0, 0.1) is 5.82 Å². The molecule has 0 radical (unpaired) electrons. The molecule has 144 valence electrons. The molecule has 2 heterocycles. The van der Waals surface area contributed by atoms with Crippen molar-refractivity contribution in [2.75, 3.05) is 31.1 Å². The number of anilines is 1. The van der Waals surface area contributed by atoms with Crippen molar-refractivity contribution in [3.63, 3.8) is 0 Å². The molecular weight excluding hydrogens is 367 g/mol. The molecule has 1 aliphatic rings. The lowest BCUT2D eigenvalue weighted by Gasteiger charge is -2.35. The molecule has 1 aromatic carbocycles. The fraction of sp³-hybridized carbons (Fsp3) is 0.421. The Labute approximate surface area is 162 Å². The molecule has 0 unspecified atom stereocenters. The molecule has 1 amide bonds. The van der Waals surface area contributed by atoms with Crippen LogP contribution in [0.2, 0.25) is 0 Å². The van der Waals surface area contributed by atoms with E-state index in [0.29, 0.717) is 32.1 Å². The molecule has 0 saturated carbocycles. The van der Waals surface area contributed by atoms with Crippen molar-refractivity contribution in [2.24, 2.45) is 0 Å². The Bertz CT molecular complexity index is 770. The number of hydrogen-bond acceptors (Lipinski definition) is 6. The molecule has 27 heavy (non-hydrogen) atoms. The number of carbonyl (C=O) groups is 1. The third-order valence-corrected chi connectivity index (χ3v) is 4.83. The third kappa shape index (κ3) is 5.56. The van der Waals surface area contributed by atoms with Crippen LogP contribution < -0.4 is 4.90 Å². The van der Waals surface area contributed by atoms with Crippen LogP contribution in [0.3, 0.4) is 0 Å². The molecule has 1 aromatic heterocycles. The van der Waals surface area contributed by atoms with Gasteiger partial charge in [-0.25, -0.2) is 19.2 Å². The van der Waals surface area contributed by atoms with Crippen LogP contribution in [-0.2, 0) is 4.74 Å². The van der Waals surface area contributed by atoms with E-state index in [2.05, 4.69) is 9.97 Å². The first kappa shape index (κ1) is 19.4. The lowest BCUT2D eigenvalue weighted by atomic mass is 10.2. The van der Waals surface area contributed by atoms with Crippen molar-refractivity contribution < 1.29 is 13.9 Å². The summed E-state index contributed by atoms with van der Waals surface area (Å²) in [4.78, 5) is 26.6. The van der Waals surface area contributed by atoms with Crippen molar-refractivity contribution in [3.05, 3.63) is 42.5 Å². The molecule has 0 spiro atoms. The van der Waals surface area contributed by atoms with Gasteiger partial charge in [0.15, 0.2) is 0 Å². The number of benzene rings is 1. The second kappa shape index (κ2) is 8.12. The summed E-state index contributed by atoms with van der Waals surface area (Å²) in [5.41, 5.74) is -0.491. The van der Waals surface area contributed by atoms with Crippen molar-refractivity contribution in [1.82, 2.24) is 14.9 Å². The van der Waals surface area contributed by atoms with Crippen LogP contribution in [-0.4, -0.2) is 52.7 Å². The van der Waals surface area contributed by atoms with Gasteiger partial charge >= 0.3 is 6.09 Å². The van der Waals surface area contributed by atoms with E-state index >= 15 is 0 Å². The maximum Gasteiger partial charge on any atom is 0.410 e. The smallest absolute Gasteiger partial charge is 0.410 e. The molecule has 0 aliphatic carbocycles. The predicted octanol–water partition coefficient (Wildman–Crippen LogP) is 3.82. The minimum atomic E-state index is -0.491. The normalized spacial score (nSPS) is 15.0. The Balaban J connectivity index is 1.54. The highest BCUT2D eigenvalue weighted by molar-refractivity contribution is 7.99. The van der Waals surface area contributed by atoms with Gasteiger partial charge in [0.1, 0.15) is 11.4 Å². The summed E-state index contributed by atoms with van der Waals surface area (Å²) in [6, 6.07) is 6.32. The van der Waals surface area contributed by atoms with Gasteiger partial charge < -0.3 is 14.5 Å². The Morgan fingerprint density at radius 3 is 2.19 bits per heavy atom. The molecule has 0 atom stereocenters. The summed E-state index contributed by atoms with van der Waals surface area (Å²) in [6.07, 6.45) is 3.24. The third-order valence-electron chi connectivity index (χ3n) is 3.88. The Morgan fingerprint density at radius 1 is 1.04 bits per heavy atom. The topological polar surface area (TPSA) is 58.6 Å². The summed E-state index contributed by atoms with van der Waals surface area (Å²) < 4.78 is 18.4. The highest BCUT2D eigenvalue weighted by Gasteiger charge is 2.26. The van der Waals surface area contributed by atoms with Crippen molar-refractivity contribution in [2.45, 2.75) is 36.2 Å². The standard InChI is InChI=1S/C19H23FN4O2S/c1-19(2,3)26-18(25)24-10-8-23(9-11-24)17-21-12-16(13-22-17)27-15-6-4-14(20)5-7-15/h4-7,12-13H,8-11H2,1-3H3. The van der Waals surface area contributed by atoms with Gasteiger partial charge in [0.05, 0.1) is 0 Å². The largest absolute Gasteiger partial charge is 0.444 e. The molecular formula is C19H23FN4O2S. The fourth-order valence-electron chi connectivity index (χ4n) is 2.58. The molecule has 1 aliphatic heterocycles. The van der Waals surface area contributed by atoms with Gasteiger partial charge in [-0.3, -0.25) is 0 Å². The first-order chi connectivity index (χ1) is 12.8. The second-order valence-corrected chi connectivity index (χ2v) is 8.38. The number of nitrogens with zero attached hydrogens (tertiary/aromatic N) is 4. The number of aromatic nitrogens is 2. The number of piperazine rings is 1. The maximum atomic E-state index is 13.0. The summed E-state index contributed by atoms with van der Waals surface area (Å²) in [5.74, 6) is 0.388. The SMILES string of the molecule is CC(C)(C)OC(=O)N1CCN(c2ncc(Sc3ccc(F)cc3)cn2)CC1. The zero-order chi connectivity index (χ0) is 19.4. The maximum absolute atomic E-state index is 13.0. The van der Waals surface area contributed by atoms with E-state index in [1.165, 1.54) is 23.9 Å². The van der Waals surface area contributed by atoms with Crippen molar-refractivity contribution >= 4 is 23.8 Å². The number of halogens is 1. The molecule has 0 bridgehead atoms. The van der Waals surface area contributed by atoms with Gasteiger partial charge in [0.2, 0.25) is 5.95 Å². The van der Waals surface area contributed by atoms with E-state index in [-0.39, 0.29) is 11.9 Å². The monoisotopic (exact) mass is 390 g/mol. The van der Waals surface area contributed by atoms with E-state index in [4.69, 9.17) is 4.74 Å². The Kier molecular flexibility index (Phi) is 5.84. The lowest BCUT2D eigenvalue weighted by Crippen LogP contribution is -2.50. The number of carbonyl (C=O) groups excluding carboxylic acids is 1. The minimum Gasteiger partial charge on any atom is -0.444 e. The predicted molar refractivity (Wildman–Crippen MR) is 103 cm³/mol. The molecule has 8 heteroatoms. The van der Waals surface area contributed by atoms with E-state index in [0.717, 1.165) is 9.79 Å². The molecule has 2 aromatic rings. The van der Waals surface area contributed by atoms with Crippen LogP contribution in [0.5, 0.6) is 0 Å². The summed E-state index contributed by atoms with van der Waals surface area (Å²) >= 11 is 1.48. The molecule has 1 saturated heterocycles. The average Bonchev–Trinajstić information content (AvgIpc) is 2.63. The van der Waals surface area contributed by atoms with Crippen LogP contribution in [0.25, 0.3) is 0 Å². The van der Waals surface area contributed by atoms with Gasteiger partial charge in [-0.2, -0.15) is 0 Å². The van der Waals surface area contributed by atoms with E-state index in [9.17, 15) is 9.18 Å². The Morgan fingerprint density at radius 2 is 1.63 bits per heavy atom. The van der Waals surface area contributed by atoms with Crippen LogP contribution >= 0.6 is 11.8 Å². The highest BCUT2D eigenvalue weighted by Crippen LogP contribution is 2.27. The zero-order valence-electron chi connectivity index (χ0n) is 15.7. The van der Waals surface area contributed by atoms with Crippen molar-refractivity contribution in [3.8, 4) is 0 Å². The second-order valence-electron chi connectivity index (χ2n) is 7.23. The van der Waals surface area contributed by atoms with Gasteiger partial charge in [-0.15, -0.1) is 0 Å². The van der Waals surface area contributed by atoms with E-state index < -0.39 is 5.60 Å². The molecule has 0 N–H and O–H groups in total. The highest BCUT2D eigenvalue weighted by atomic mass is 32.2. The summed E-state index contributed by atoms with van der Waals surface area (Å²) in [7, 11) is 0. The Hall–Kier alpha value is -2.35. The summed E-state index contributed by atoms with van der Waals surface area (Å²) in [5, 5.41) is 0. The van der Waals surface area contributed by atoms with Gasteiger partial charge in [0, 0.05) is 48.4 Å². The van der Waals surface area contributed by atoms with Crippen LogP contribution in [0.4, 0.5) is 15.1 Å². The van der Waals surface area contributed by atoms with Crippen LogP contribution in [0.15, 0.2) is 46.5 Å². The average molecular weight is 390 g/mol. The first-order valence-corrected chi connectivity index (χ1v) is 9.60. The van der Waals surface area contributed by atoms with E-state index in [1.807, 2.05) is 25.7 Å².